The maximum absolute atomic E-state index is 4.39. The van der Waals surface area contributed by atoms with Crippen molar-refractivity contribution in [3.05, 3.63) is 22.3 Å². The minimum atomic E-state index is 0.529. The van der Waals surface area contributed by atoms with E-state index in [1.807, 2.05) is 13.1 Å². The second kappa shape index (κ2) is 4.49. The fourth-order valence-electron chi connectivity index (χ4n) is 1.89. The van der Waals surface area contributed by atoms with Crippen LogP contribution in [0.5, 0.6) is 0 Å². The van der Waals surface area contributed by atoms with Gasteiger partial charge in [-0.15, -0.1) is 0 Å². The van der Waals surface area contributed by atoms with E-state index in [9.17, 15) is 0 Å². The predicted octanol–water partition coefficient (Wildman–Crippen LogP) is 2.27. The van der Waals surface area contributed by atoms with Gasteiger partial charge in [0.05, 0.1) is 4.47 Å². The van der Waals surface area contributed by atoms with Crippen molar-refractivity contribution in [2.45, 2.75) is 19.4 Å². The van der Waals surface area contributed by atoms with Gasteiger partial charge in [0.25, 0.3) is 0 Å². The van der Waals surface area contributed by atoms with Gasteiger partial charge in [0, 0.05) is 18.8 Å². The topological polar surface area (TPSA) is 28.2 Å². The Balaban J connectivity index is 2.04. The maximum Gasteiger partial charge on any atom is 0.140 e. The first-order chi connectivity index (χ1) is 7.15. The van der Waals surface area contributed by atoms with Gasteiger partial charge in [-0.2, -0.15) is 0 Å². The molecule has 0 aromatic carbocycles. The maximum atomic E-state index is 4.39. The molecule has 1 atom stereocenters. The van der Waals surface area contributed by atoms with Crippen molar-refractivity contribution in [3.63, 3.8) is 0 Å². The Labute approximate surface area is 99.0 Å². The lowest BCUT2D eigenvalue weighted by Gasteiger charge is -2.14. The number of nitrogens with one attached hydrogen (secondary N) is 1. The number of aryl methyl sites for hydroxylation is 1. The highest BCUT2D eigenvalue weighted by Crippen LogP contribution is 2.22. The zero-order valence-electron chi connectivity index (χ0n) is 9.13. The van der Waals surface area contributed by atoms with Crippen LogP contribution < -0.4 is 5.32 Å². The summed E-state index contributed by atoms with van der Waals surface area (Å²) < 4.78 is 1.05. The molecule has 1 N–H and O–H groups in total. The van der Waals surface area contributed by atoms with Crippen LogP contribution in [0.3, 0.4) is 0 Å². The highest BCUT2D eigenvalue weighted by Gasteiger charge is 2.19. The highest BCUT2D eigenvalue weighted by molar-refractivity contribution is 9.10. The van der Waals surface area contributed by atoms with Gasteiger partial charge in [-0.25, -0.2) is 4.98 Å². The molecule has 0 radical (unpaired) electrons. The molecule has 0 spiro atoms. The molecule has 82 valence electrons. The van der Waals surface area contributed by atoms with Crippen molar-refractivity contribution in [2.75, 3.05) is 25.5 Å². The van der Waals surface area contributed by atoms with Crippen molar-refractivity contribution in [1.82, 2.24) is 9.88 Å². The summed E-state index contributed by atoms with van der Waals surface area (Å²) >= 11 is 3.53. The number of halogens is 1. The van der Waals surface area contributed by atoms with Crippen LogP contribution in [-0.2, 0) is 0 Å². The zero-order valence-corrected chi connectivity index (χ0v) is 10.7. The van der Waals surface area contributed by atoms with Crippen molar-refractivity contribution in [2.24, 2.45) is 0 Å². The van der Waals surface area contributed by atoms with Crippen LogP contribution in [0.25, 0.3) is 0 Å². The first-order valence-electron chi connectivity index (χ1n) is 5.22. The molecule has 1 saturated heterocycles. The average Bonchev–Trinajstić information content (AvgIpc) is 2.56. The summed E-state index contributed by atoms with van der Waals surface area (Å²) in [5.41, 5.74) is 1.18. The minimum Gasteiger partial charge on any atom is -0.365 e. The molecular formula is C11H16BrN3. The average molecular weight is 270 g/mol. The summed E-state index contributed by atoms with van der Waals surface area (Å²) in [4.78, 5) is 6.72. The van der Waals surface area contributed by atoms with Crippen molar-refractivity contribution in [1.29, 1.82) is 0 Å². The SMILES string of the molecule is Cc1cnc(NC2CCN(C)C2)c(Br)c1. The van der Waals surface area contributed by atoms with Gasteiger partial charge in [0.1, 0.15) is 5.82 Å². The lowest BCUT2D eigenvalue weighted by atomic mass is 10.2. The molecule has 1 aromatic rings. The Morgan fingerprint density at radius 2 is 2.40 bits per heavy atom. The standard InChI is InChI=1S/C11H16BrN3/c1-8-5-10(12)11(13-6-8)14-9-3-4-15(2)7-9/h5-6,9H,3-4,7H2,1-2H3,(H,13,14). The normalized spacial score (nSPS) is 21.9. The van der Waals surface area contributed by atoms with E-state index in [2.05, 4.69) is 44.2 Å². The quantitative estimate of drug-likeness (QED) is 0.893. The van der Waals surface area contributed by atoms with Gasteiger partial charge >= 0.3 is 0 Å². The molecule has 1 fully saturated rings. The van der Waals surface area contributed by atoms with E-state index >= 15 is 0 Å². The number of likely N-dealkylation sites (N-methyl/N-ethyl adjacent to an activating group) is 1. The Morgan fingerprint density at radius 1 is 1.60 bits per heavy atom. The van der Waals surface area contributed by atoms with E-state index in [0.29, 0.717) is 6.04 Å². The fraction of sp³-hybridized carbons (Fsp3) is 0.545. The van der Waals surface area contributed by atoms with Crippen molar-refractivity contribution < 1.29 is 0 Å². The lowest BCUT2D eigenvalue weighted by molar-refractivity contribution is 0.414. The van der Waals surface area contributed by atoms with E-state index in [1.165, 1.54) is 18.5 Å². The Hall–Kier alpha value is -0.610. The molecule has 0 aliphatic carbocycles. The Kier molecular flexibility index (Phi) is 3.26. The Bertz CT molecular complexity index is 354. The van der Waals surface area contributed by atoms with Gasteiger partial charge in [-0.1, -0.05) is 0 Å². The van der Waals surface area contributed by atoms with Crippen molar-refractivity contribution in [3.8, 4) is 0 Å². The first-order valence-corrected chi connectivity index (χ1v) is 6.01. The second-order valence-electron chi connectivity index (χ2n) is 4.24. The molecule has 0 bridgehead atoms. The van der Waals surface area contributed by atoms with Crippen LogP contribution in [0.15, 0.2) is 16.7 Å². The van der Waals surface area contributed by atoms with Crippen molar-refractivity contribution >= 4 is 21.7 Å². The van der Waals surface area contributed by atoms with E-state index in [-0.39, 0.29) is 0 Å². The monoisotopic (exact) mass is 269 g/mol. The smallest absolute Gasteiger partial charge is 0.140 e. The minimum absolute atomic E-state index is 0.529. The lowest BCUT2D eigenvalue weighted by Crippen LogP contribution is -2.24. The fourth-order valence-corrected chi connectivity index (χ4v) is 2.46. The van der Waals surface area contributed by atoms with Gasteiger partial charge in [-0.3, -0.25) is 0 Å². The van der Waals surface area contributed by atoms with Gasteiger partial charge in [-0.05, 0) is 54.5 Å². The van der Waals surface area contributed by atoms with E-state index in [4.69, 9.17) is 0 Å². The number of pyridine rings is 1. The third-order valence-electron chi connectivity index (χ3n) is 2.71. The summed E-state index contributed by atoms with van der Waals surface area (Å²) in [7, 11) is 2.15. The van der Waals surface area contributed by atoms with Crippen LogP contribution in [0, 0.1) is 6.92 Å². The molecule has 4 heteroatoms. The molecule has 2 rings (SSSR count). The molecule has 0 amide bonds. The molecule has 15 heavy (non-hydrogen) atoms. The number of rotatable bonds is 2. The number of likely N-dealkylation sites (tertiary alicyclic amines) is 1. The number of hydrogen-bond donors (Lipinski definition) is 1. The predicted molar refractivity (Wildman–Crippen MR) is 66.2 cm³/mol. The van der Waals surface area contributed by atoms with Crippen LogP contribution in [0.2, 0.25) is 0 Å². The summed E-state index contributed by atoms with van der Waals surface area (Å²) in [5, 5.41) is 3.47. The van der Waals surface area contributed by atoms with Gasteiger partial charge < -0.3 is 10.2 Å². The number of hydrogen-bond acceptors (Lipinski definition) is 3. The third kappa shape index (κ3) is 2.69. The van der Waals surface area contributed by atoms with Gasteiger partial charge in [0.2, 0.25) is 0 Å². The number of nitrogens with zero attached hydrogens (tertiary/aromatic N) is 2. The van der Waals surface area contributed by atoms with Gasteiger partial charge in [0.15, 0.2) is 0 Å². The van der Waals surface area contributed by atoms with Crippen LogP contribution >= 0.6 is 15.9 Å². The number of aromatic nitrogens is 1. The highest BCUT2D eigenvalue weighted by atomic mass is 79.9. The molecular weight excluding hydrogens is 254 g/mol. The first kappa shape index (κ1) is 10.9. The molecule has 1 aliphatic heterocycles. The van der Waals surface area contributed by atoms with Crippen LogP contribution in [0.1, 0.15) is 12.0 Å². The molecule has 1 unspecified atom stereocenters. The largest absolute Gasteiger partial charge is 0.365 e. The molecule has 2 heterocycles. The Morgan fingerprint density at radius 3 is 3.00 bits per heavy atom. The molecule has 3 nitrogen and oxygen atoms in total. The summed E-state index contributed by atoms with van der Waals surface area (Å²) in [6, 6.07) is 2.62. The van der Waals surface area contributed by atoms with E-state index in [1.54, 1.807) is 0 Å². The van der Waals surface area contributed by atoms with Crippen LogP contribution in [0.4, 0.5) is 5.82 Å². The molecule has 0 saturated carbocycles. The van der Waals surface area contributed by atoms with E-state index < -0.39 is 0 Å². The molecule has 1 aromatic heterocycles. The summed E-state index contributed by atoms with van der Waals surface area (Å²) in [6.07, 6.45) is 3.09. The second-order valence-corrected chi connectivity index (χ2v) is 5.09. The zero-order chi connectivity index (χ0) is 10.8. The summed E-state index contributed by atoms with van der Waals surface area (Å²) in [6.45, 7) is 4.31. The number of anilines is 1. The summed E-state index contributed by atoms with van der Waals surface area (Å²) in [5.74, 6) is 0.959. The third-order valence-corrected chi connectivity index (χ3v) is 3.31. The van der Waals surface area contributed by atoms with Crippen LogP contribution in [-0.4, -0.2) is 36.1 Å². The van der Waals surface area contributed by atoms with E-state index in [0.717, 1.165) is 16.8 Å². The molecule has 1 aliphatic rings.